The molecule has 1 atom stereocenters. The molecule has 10 heteroatoms. The molecule has 1 aliphatic rings. The van der Waals surface area contributed by atoms with Crippen LogP contribution in [0.4, 0.5) is 0 Å². The highest BCUT2D eigenvalue weighted by atomic mass is 32.2. The number of nitrogens with one attached hydrogen (secondary N) is 3. The number of benzene rings is 1. The minimum absolute atomic E-state index is 0.0778. The van der Waals surface area contributed by atoms with E-state index in [1.54, 1.807) is 14.2 Å². The largest absolute Gasteiger partial charge is 0.493 e. The van der Waals surface area contributed by atoms with E-state index < -0.39 is 9.84 Å². The van der Waals surface area contributed by atoms with E-state index in [9.17, 15) is 13.2 Å². The minimum Gasteiger partial charge on any atom is -0.493 e. The maximum Gasteiger partial charge on any atom is 0.238 e. The molecule has 0 saturated carbocycles. The molecule has 2 rings (SSSR count). The van der Waals surface area contributed by atoms with E-state index in [2.05, 4.69) is 16.2 Å². The second-order valence-corrected chi connectivity index (χ2v) is 8.98. The van der Waals surface area contributed by atoms with Gasteiger partial charge in [-0.25, -0.2) is 8.42 Å². The molecule has 3 N–H and O–H groups in total. The van der Waals surface area contributed by atoms with Gasteiger partial charge in [-0.1, -0.05) is 6.07 Å². The Morgan fingerprint density at radius 2 is 1.96 bits per heavy atom. The predicted octanol–water partition coefficient (Wildman–Crippen LogP) is 0.566. The predicted molar refractivity (Wildman–Crippen MR) is 107 cm³/mol. The van der Waals surface area contributed by atoms with E-state index in [4.69, 9.17) is 21.7 Å². The molecule has 150 valence electrons. The van der Waals surface area contributed by atoms with E-state index in [1.165, 1.54) is 0 Å². The molecule has 0 spiro atoms. The molecular formula is C17H25N3O5S2. The van der Waals surface area contributed by atoms with Crippen LogP contribution in [0.15, 0.2) is 18.2 Å². The summed E-state index contributed by atoms with van der Waals surface area (Å²) < 4.78 is 33.3. The molecule has 1 fully saturated rings. The molecule has 1 aromatic rings. The zero-order valence-electron chi connectivity index (χ0n) is 15.4. The lowest BCUT2D eigenvalue weighted by atomic mass is 10.1. The van der Waals surface area contributed by atoms with Crippen LogP contribution >= 0.6 is 12.2 Å². The monoisotopic (exact) mass is 415 g/mol. The minimum atomic E-state index is -2.98. The Balaban J connectivity index is 1.67. The van der Waals surface area contributed by atoms with Crippen molar-refractivity contribution in [3.8, 4) is 11.5 Å². The Morgan fingerprint density at radius 3 is 2.59 bits per heavy atom. The summed E-state index contributed by atoms with van der Waals surface area (Å²) in [5.41, 5.74) is 6.18. The fourth-order valence-electron chi connectivity index (χ4n) is 2.87. The Morgan fingerprint density at radius 1 is 1.22 bits per heavy atom. The van der Waals surface area contributed by atoms with Crippen LogP contribution in [0.25, 0.3) is 0 Å². The van der Waals surface area contributed by atoms with Gasteiger partial charge in [-0.05, 0) is 48.7 Å². The molecule has 1 aliphatic heterocycles. The van der Waals surface area contributed by atoms with Gasteiger partial charge in [0.05, 0.1) is 25.7 Å². The van der Waals surface area contributed by atoms with Crippen molar-refractivity contribution in [2.24, 2.45) is 5.92 Å². The van der Waals surface area contributed by atoms with Crippen LogP contribution in [0.2, 0.25) is 0 Å². The molecule has 0 bridgehead atoms. The van der Waals surface area contributed by atoms with Crippen molar-refractivity contribution in [3.05, 3.63) is 23.8 Å². The fourth-order valence-corrected chi connectivity index (χ4v) is 4.89. The van der Waals surface area contributed by atoms with E-state index >= 15 is 0 Å². The molecular weight excluding hydrogens is 390 g/mol. The number of amides is 1. The summed E-state index contributed by atoms with van der Waals surface area (Å²) >= 11 is 5.12. The maximum atomic E-state index is 11.9. The van der Waals surface area contributed by atoms with Gasteiger partial charge in [0.1, 0.15) is 0 Å². The number of rotatable bonds is 7. The van der Waals surface area contributed by atoms with E-state index in [-0.39, 0.29) is 29.8 Å². The van der Waals surface area contributed by atoms with Crippen molar-refractivity contribution in [2.75, 3.05) is 32.3 Å². The van der Waals surface area contributed by atoms with Crippen LogP contribution in [0.1, 0.15) is 18.4 Å². The first kappa shape index (κ1) is 21.2. The Kier molecular flexibility index (Phi) is 7.66. The Bertz CT molecular complexity index is 783. The van der Waals surface area contributed by atoms with Gasteiger partial charge in [-0.15, -0.1) is 0 Å². The van der Waals surface area contributed by atoms with Crippen LogP contribution in [-0.2, 0) is 21.1 Å². The standard InChI is InChI=1S/C17H25N3O5S2/c1-24-14-4-3-12(9-15(14)25-2)5-7-18-17(26)20-19-16(21)10-13-6-8-27(22,23)11-13/h3-4,9,13H,5-8,10-11H2,1-2H3,(H,19,21)(H2,18,20,26)/t13-/m0/s1. The van der Waals surface area contributed by atoms with Crippen LogP contribution in [0.3, 0.4) is 0 Å². The smallest absolute Gasteiger partial charge is 0.238 e. The highest BCUT2D eigenvalue weighted by molar-refractivity contribution is 7.91. The first-order valence-corrected chi connectivity index (χ1v) is 10.8. The van der Waals surface area contributed by atoms with Crippen molar-refractivity contribution in [1.29, 1.82) is 0 Å². The summed E-state index contributed by atoms with van der Waals surface area (Å²) in [6.45, 7) is 0.568. The molecule has 0 aliphatic carbocycles. The second kappa shape index (κ2) is 9.75. The number of methoxy groups -OCH3 is 2. The highest BCUT2D eigenvalue weighted by Gasteiger charge is 2.29. The number of thiocarbonyl (C=S) groups is 1. The molecule has 1 saturated heterocycles. The topological polar surface area (TPSA) is 106 Å². The first-order valence-electron chi connectivity index (χ1n) is 8.57. The fraction of sp³-hybridized carbons (Fsp3) is 0.529. The summed E-state index contributed by atoms with van der Waals surface area (Å²) in [5.74, 6) is 1.17. The number of hydrazine groups is 1. The Labute approximate surface area is 164 Å². The van der Waals surface area contributed by atoms with Crippen molar-refractivity contribution >= 4 is 33.1 Å². The lowest BCUT2D eigenvalue weighted by molar-refractivity contribution is -0.122. The zero-order valence-corrected chi connectivity index (χ0v) is 17.0. The van der Waals surface area contributed by atoms with Crippen LogP contribution in [0.5, 0.6) is 11.5 Å². The first-order chi connectivity index (χ1) is 12.8. The van der Waals surface area contributed by atoms with Gasteiger partial charge in [-0.2, -0.15) is 0 Å². The van der Waals surface area contributed by atoms with Crippen LogP contribution in [-0.4, -0.2) is 51.7 Å². The van der Waals surface area contributed by atoms with Crippen LogP contribution in [0, 0.1) is 5.92 Å². The lowest BCUT2D eigenvalue weighted by Gasteiger charge is -2.13. The third-order valence-electron chi connectivity index (χ3n) is 4.26. The molecule has 27 heavy (non-hydrogen) atoms. The molecule has 0 aromatic heterocycles. The van der Waals surface area contributed by atoms with Gasteiger partial charge in [0.2, 0.25) is 5.91 Å². The van der Waals surface area contributed by atoms with Gasteiger partial charge in [0.15, 0.2) is 26.4 Å². The molecule has 0 unspecified atom stereocenters. The number of sulfone groups is 1. The van der Waals surface area contributed by atoms with Gasteiger partial charge in [0.25, 0.3) is 0 Å². The van der Waals surface area contributed by atoms with E-state index in [0.717, 1.165) is 5.56 Å². The quantitative estimate of drug-likeness (QED) is 0.438. The third kappa shape index (κ3) is 6.87. The summed E-state index contributed by atoms with van der Waals surface area (Å²) in [6.07, 6.45) is 1.40. The van der Waals surface area contributed by atoms with E-state index in [1.807, 2.05) is 18.2 Å². The third-order valence-corrected chi connectivity index (χ3v) is 6.35. The van der Waals surface area contributed by atoms with E-state index in [0.29, 0.717) is 36.0 Å². The SMILES string of the molecule is COc1ccc(CCNC(=S)NNC(=O)C[C@@H]2CCS(=O)(=O)C2)cc1OC. The summed E-state index contributed by atoms with van der Waals surface area (Å²) in [5, 5.41) is 3.29. The average Bonchev–Trinajstić information content (AvgIpc) is 2.98. The van der Waals surface area contributed by atoms with Gasteiger partial charge < -0.3 is 14.8 Å². The van der Waals surface area contributed by atoms with Crippen LogP contribution < -0.4 is 25.6 Å². The van der Waals surface area contributed by atoms with Crippen molar-refractivity contribution in [3.63, 3.8) is 0 Å². The molecule has 8 nitrogen and oxygen atoms in total. The van der Waals surface area contributed by atoms with Crippen molar-refractivity contribution in [2.45, 2.75) is 19.3 Å². The normalized spacial score (nSPS) is 17.8. The van der Waals surface area contributed by atoms with Crippen molar-refractivity contribution < 1.29 is 22.7 Å². The number of hydrogen-bond acceptors (Lipinski definition) is 6. The molecule has 1 heterocycles. The maximum absolute atomic E-state index is 11.9. The van der Waals surface area contributed by atoms with Gasteiger partial charge in [0, 0.05) is 13.0 Å². The number of ether oxygens (including phenoxy) is 2. The summed E-state index contributed by atoms with van der Waals surface area (Å²) in [7, 11) is 0.197. The number of hydrogen-bond donors (Lipinski definition) is 3. The van der Waals surface area contributed by atoms with Crippen molar-refractivity contribution in [1.82, 2.24) is 16.2 Å². The lowest BCUT2D eigenvalue weighted by Crippen LogP contribution is -2.47. The summed E-state index contributed by atoms with van der Waals surface area (Å²) in [4.78, 5) is 11.9. The average molecular weight is 416 g/mol. The number of carbonyl (C=O) groups is 1. The second-order valence-electron chi connectivity index (χ2n) is 6.34. The van der Waals surface area contributed by atoms with Gasteiger partial charge >= 0.3 is 0 Å². The molecule has 1 aromatic carbocycles. The molecule has 1 amide bonds. The number of carbonyl (C=O) groups excluding carboxylic acids is 1. The zero-order chi connectivity index (χ0) is 19.9. The summed E-state index contributed by atoms with van der Waals surface area (Å²) in [6, 6.07) is 5.68. The Hall–Kier alpha value is -2.07. The van der Waals surface area contributed by atoms with Gasteiger partial charge in [-0.3, -0.25) is 15.6 Å². The highest BCUT2D eigenvalue weighted by Crippen LogP contribution is 2.27. The molecule has 0 radical (unpaired) electrons.